The Morgan fingerprint density at radius 1 is 1.47 bits per heavy atom. The van der Waals surface area contributed by atoms with Crippen LogP contribution in [0.1, 0.15) is 29.3 Å². The summed E-state index contributed by atoms with van der Waals surface area (Å²) < 4.78 is 38.1. The number of hydrogen-bond acceptors (Lipinski definition) is 13. The van der Waals surface area contributed by atoms with Gasteiger partial charge in [-0.1, -0.05) is 10.4 Å². The summed E-state index contributed by atoms with van der Waals surface area (Å²) in [6, 6.07) is -1.47. The number of carbonyl (C=O) groups is 3. The largest absolute Gasteiger partial charge is 0.461 e. The molecule has 0 radical (unpaired) electrons. The molecule has 32 heavy (non-hydrogen) atoms. The molecule has 18 heteroatoms. The van der Waals surface area contributed by atoms with Crippen molar-refractivity contribution in [2.75, 3.05) is 12.3 Å². The van der Waals surface area contributed by atoms with Crippen molar-refractivity contribution in [3.8, 4) is 0 Å². The molecule has 0 spiro atoms. The normalized spacial score (nSPS) is 18.4. The van der Waals surface area contributed by atoms with Gasteiger partial charge >= 0.3 is 16.3 Å². The van der Waals surface area contributed by atoms with E-state index in [2.05, 4.69) is 25.8 Å². The van der Waals surface area contributed by atoms with Gasteiger partial charge in [-0.05, 0) is 6.92 Å². The Morgan fingerprint density at radius 2 is 2.22 bits per heavy atom. The minimum Gasteiger partial charge on any atom is -0.461 e. The van der Waals surface area contributed by atoms with Crippen molar-refractivity contribution >= 4 is 50.8 Å². The Labute approximate surface area is 183 Å². The van der Waals surface area contributed by atoms with Crippen LogP contribution in [0.4, 0.5) is 5.13 Å². The van der Waals surface area contributed by atoms with E-state index in [4.69, 9.17) is 15.3 Å². The zero-order valence-corrected chi connectivity index (χ0v) is 17.8. The van der Waals surface area contributed by atoms with Gasteiger partial charge in [-0.2, -0.15) is 12.7 Å². The summed E-state index contributed by atoms with van der Waals surface area (Å²) in [5, 5.41) is 14.7. The number of esters is 1. The molecule has 1 fully saturated rings. The number of rotatable bonds is 9. The number of oxime groups is 1. The quantitative estimate of drug-likeness (QED) is 0.118. The molecule has 2 amide bonds. The Balaban J connectivity index is 1.68. The number of anilines is 1. The number of nitrogens with zero attached hydrogens (tertiary/aromatic N) is 6. The smallest absolute Gasteiger partial charge is 0.364 e. The van der Waals surface area contributed by atoms with E-state index in [1.165, 1.54) is 11.3 Å². The van der Waals surface area contributed by atoms with Gasteiger partial charge in [0.25, 0.3) is 11.8 Å². The maximum absolute atomic E-state index is 12.2. The molecule has 0 saturated carbocycles. The average molecular weight is 488 g/mol. The van der Waals surface area contributed by atoms with Crippen LogP contribution in [-0.2, 0) is 36.1 Å². The highest BCUT2D eigenvalue weighted by molar-refractivity contribution is 7.84. The fraction of sp³-hybridized carbons (Fsp3) is 0.357. The Kier molecular flexibility index (Phi) is 6.65. The maximum atomic E-state index is 12.2. The van der Waals surface area contributed by atoms with E-state index in [1.807, 2.05) is 0 Å². The SMILES string of the molecule is CCOC(=O)c1cn(C2C(NC(=O)/C=N/OCc3csc(N)n3)C(=O)N2S(=O)(=O)O)nn1. The summed E-state index contributed by atoms with van der Waals surface area (Å²) >= 11 is 1.20. The predicted octanol–water partition coefficient (Wildman–Crippen LogP) is -1.68. The molecule has 2 aromatic heterocycles. The summed E-state index contributed by atoms with van der Waals surface area (Å²) in [6.45, 7) is 1.56. The van der Waals surface area contributed by atoms with Crippen LogP contribution in [0.25, 0.3) is 0 Å². The minimum atomic E-state index is -5.00. The van der Waals surface area contributed by atoms with Crippen LogP contribution in [0.3, 0.4) is 0 Å². The van der Waals surface area contributed by atoms with E-state index < -0.39 is 40.3 Å². The van der Waals surface area contributed by atoms with E-state index in [-0.39, 0.29) is 23.2 Å². The number of carbonyl (C=O) groups excluding carboxylic acids is 3. The standard InChI is InChI=1S/C14H16N8O8S2/c1-2-29-13(25)8-4-21(20-19-8)11-10(12(24)22(11)32(26,27)28)18-9(23)3-16-30-5-7-6-31-14(15)17-7/h3-4,6,10-11H,2,5H2,1H3,(H2,15,17)(H,18,23)(H,26,27,28)/b16-3+. The Bertz CT molecular complexity index is 1160. The second-order valence-corrected chi connectivity index (χ2v) is 8.18. The van der Waals surface area contributed by atoms with Gasteiger partial charge in [-0.15, -0.1) is 16.4 Å². The fourth-order valence-corrected chi connectivity index (χ4v) is 3.95. The summed E-state index contributed by atoms with van der Waals surface area (Å²) in [5.74, 6) is -2.90. The molecule has 1 aliphatic heterocycles. The van der Waals surface area contributed by atoms with Crippen LogP contribution < -0.4 is 11.1 Å². The third-order valence-corrected chi connectivity index (χ3v) is 5.48. The second kappa shape index (κ2) is 9.24. The number of hydrogen-bond donors (Lipinski definition) is 3. The third-order valence-electron chi connectivity index (χ3n) is 3.86. The lowest BCUT2D eigenvalue weighted by Gasteiger charge is -2.43. The molecule has 0 aliphatic carbocycles. The Morgan fingerprint density at radius 3 is 2.84 bits per heavy atom. The van der Waals surface area contributed by atoms with Gasteiger partial charge in [0, 0.05) is 5.38 Å². The van der Waals surface area contributed by atoms with Crippen molar-refractivity contribution in [1.29, 1.82) is 0 Å². The highest BCUT2D eigenvalue weighted by Crippen LogP contribution is 2.32. The van der Waals surface area contributed by atoms with Crippen LogP contribution in [0.15, 0.2) is 16.7 Å². The van der Waals surface area contributed by atoms with E-state index >= 15 is 0 Å². The topological polar surface area (TPSA) is 221 Å². The van der Waals surface area contributed by atoms with Crippen molar-refractivity contribution in [1.82, 2.24) is 29.6 Å². The molecule has 1 saturated heterocycles. The first-order valence-corrected chi connectivity index (χ1v) is 10.9. The van der Waals surface area contributed by atoms with Gasteiger partial charge in [0.2, 0.25) is 0 Å². The highest BCUT2D eigenvalue weighted by Gasteiger charge is 2.56. The number of thiazole rings is 1. The molecule has 3 heterocycles. The molecule has 1 aliphatic rings. The molecule has 2 atom stereocenters. The first kappa shape index (κ1) is 23.0. The molecule has 16 nitrogen and oxygen atoms in total. The number of nitrogen functional groups attached to an aromatic ring is 1. The first-order valence-electron chi connectivity index (χ1n) is 8.67. The van der Waals surface area contributed by atoms with Gasteiger partial charge in [-0.25, -0.2) is 14.5 Å². The van der Waals surface area contributed by atoms with Crippen molar-refractivity contribution in [3.63, 3.8) is 0 Å². The number of nitrogens with two attached hydrogens (primary N) is 1. The number of β-lactam (4-membered cyclic amide) rings is 1. The third kappa shape index (κ3) is 4.98. The van der Waals surface area contributed by atoms with Crippen LogP contribution >= 0.6 is 11.3 Å². The van der Waals surface area contributed by atoms with Gasteiger partial charge in [0.05, 0.1) is 18.5 Å². The zero-order chi connectivity index (χ0) is 23.5. The second-order valence-electron chi connectivity index (χ2n) is 6.00. The monoisotopic (exact) mass is 488 g/mol. The highest BCUT2D eigenvalue weighted by atomic mass is 32.2. The lowest BCUT2D eigenvalue weighted by atomic mass is 10.1. The van der Waals surface area contributed by atoms with Crippen molar-refractivity contribution in [2.24, 2.45) is 5.16 Å². The average Bonchev–Trinajstić information content (AvgIpc) is 3.35. The van der Waals surface area contributed by atoms with Crippen LogP contribution in [0.5, 0.6) is 0 Å². The number of amides is 2. The molecule has 3 rings (SSSR count). The lowest BCUT2D eigenvalue weighted by molar-refractivity contribution is -0.149. The number of aromatic nitrogens is 4. The van der Waals surface area contributed by atoms with Gasteiger partial charge in [0.15, 0.2) is 29.6 Å². The molecule has 2 aromatic rings. The van der Waals surface area contributed by atoms with Gasteiger partial charge < -0.3 is 20.6 Å². The van der Waals surface area contributed by atoms with Crippen LogP contribution in [-0.4, -0.2) is 73.9 Å². The van der Waals surface area contributed by atoms with E-state index in [0.717, 1.165) is 10.9 Å². The van der Waals surface area contributed by atoms with Crippen molar-refractivity contribution < 1.29 is 36.9 Å². The predicted molar refractivity (Wildman–Crippen MR) is 105 cm³/mol. The van der Waals surface area contributed by atoms with E-state index in [0.29, 0.717) is 17.0 Å². The van der Waals surface area contributed by atoms with Gasteiger partial charge in [0.1, 0.15) is 6.21 Å². The molecule has 172 valence electrons. The molecule has 0 bridgehead atoms. The summed E-state index contributed by atoms with van der Waals surface area (Å²) in [4.78, 5) is 44.8. The summed E-state index contributed by atoms with van der Waals surface area (Å²) in [5.41, 5.74) is 5.69. The minimum absolute atomic E-state index is 0.0562. The Hall–Kier alpha value is -3.64. The van der Waals surface area contributed by atoms with Crippen LogP contribution in [0, 0.1) is 0 Å². The first-order chi connectivity index (χ1) is 15.1. The molecule has 2 unspecified atom stereocenters. The fourth-order valence-electron chi connectivity index (χ4n) is 2.57. The summed E-state index contributed by atoms with van der Waals surface area (Å²) in [7, 11) is -5.00. The molecule has 0 aromatic carbocycles. The van der Waals surface area contributed by atoms with E-state index in [1.54, 1.807) is 12.3 Å². The van der Waals surface area contributed by atoms with Crippen LogP contribution in [0.2, 0.25) is 0 Å². The van der Waals surface area contributed by atoms with Crippen molar-refractivity contribution in [3.05, 3.63) is 23.0 Å². The lowest BCUT2D eigenvalue weighted by Crippen LogP contribution is -2.68. The molecular formula is C14H16N8O8S2. The number of ether oxygens (including phenoxy) is 1. The summed E-state index contributed by atoms with van der Waals surface area (Å²) in [6.07, 6.45) is 0.189. The zero-order valence-electron chi connectivity index (χ0n) is 16.2. The van der Waals surface area contributed by atoms with Crippen molar-refractivity contribution in [2.45, 2.75) is 25.7 Å². The van der Waals surface area contributed by atoms with E-state index in [9.17, 15) is 27.4 Å². The molecule has 4 N–H and O–H groups in total. The molecular weight excluding hydrogens is 472 g/mol. The number of nitrogens with one attached hydrogen (secondary N) is 1. The maximum Gasteiger partial charge on any atom is 0.364 e. The van der Waals surface area contributed by atoms with Gasteiger partial charge in [-0.3, -0.25) is 14.1 Å².